The van der Waals surface area contributed by atoms with Crippen molar-refractivity contribution in [2.24, 2.45) is 0 Å². The van der Waals surface area contributed by atoms with Crippen molar-refractivity contribution in [1.82, 2.24) is 29.5 Å². The second-order valence-electron chi connectivity index (χ2n) is 8.11. The topological polar surface area (TPSA) is 88.4 Å². The van der Waals surface area contributed by atoms with Gasteiger partial charge in [0.05, 0.1) is 46.1 Å². The first-order chi connectivity index (χ1) is 16.2. The Balaban J connectivity index is 1.40. The zero-order valence-electron chi connectivity index (χ0n) is 18.1. The molecule has 5 heterocycles. The molecule has 6 rings (SSSR count). The smallest absolute Gasteiger partial charge is 0.258 e. The fourth-order valence-electron chi connectivity index (χ4n) is 4.47. The molecule has 1 aliphatic heterocycles. The molecule has 0 saturated carbocycles. The first-order valence-corrected chi connectivity index (χ1v) is 11.7. The number of rotatable bonds is 5. The summed E-state index contributed by atoms with van der Waals surface area (Å²) in [5.74, 6) is -0.0625. The van der Waals surface area contributed by atoms with Crippen molar-refractivity contribution in [1.29, 1.82) is 0 Å². The van der Waals surface area contributed by atoms with Gasteiger partial charge in [-0.05, 0) is 30.2 Å². The van der Waals surface area contributed by atoms with Gasteiger partial charge in [0, 0.05) is 32.0 Å². The van der Waals surface area contributed by atoms with Crippen LogP contribution >= 0.6 is 11.3 Å². The summed E-state index contributed by atoms with van der Waals surface area (Å²) in [6.07, 6.45) is 6.84. The van der Waals surface area contributed by atoms with Gasteiger partial charge in [0.1, 0.15) is 11.0 Å². The zero-order valence-corrected chi connectivity index (χ0v) is 18.9. The third-order valence-corrected chi connectivity index (χ3v) is 7.22. The Morgan fingerprint density at radius 2 is 2.18 bits per heavy atom. The number of H-pyrrole nitrogens is 1. The van der Waals surface area contributed by atoms with E-state index in [-0.39, 0.29) is 11.9 Å². The minimum absolute atomic E-state index is 0.0625. The van der Waals surface area contributed by atoms with E-state index in [1.54, 1.807) is 35.5 Å². The van der Waals surface area contributed by atoms with E-state index >= 15 is 0 Å². The Morgan fingerprint density at radius 3 is 3.06 bits per heavy atom. The van der Waals surface area contributed by atoms with E-state index < -0.39 is 0 Å². The molecular formula is C24H22N6O2S. The molecule has 0 spiro atoms. The number of hydrogen-bond acceptors (Lipinski definition) is 6. The average Bonchev–Trinajstić information content (AvgIpc) is 3.58. The van der Waals surface area contributed by atoms with Crippen molar-refractivity contribution in [2.45, 2.75) is 18.9 Å². The fraction of sp³-hybridized carbons (Fsp3) is 0.250. The predicted octanol–water partition coefficient (Wildman–Crippen LogP) is 3.64. The number of aromatic amines is 1. The molecule has 1 aliphatic rings. The lowest BCUT2D eigenvalue weighted by molar-refractivity contribution is 0.0692. The molecule has 4 aromatic heterocycles. The lowest BCUT2D eigenvalue weighted by atomic mass is 10.0. The van der Waals surface area contributed by atoms with Gasteiger partial charge in [-0.3, -0.25) is 4.79 Å². The summed E-state index contributed by atoms with van der Waals surface area (Å²) in [6, 6.07) is 11.7. The monoisotopic (exact) mass is 458 g/mol. The number of benzene rings is 1. The van der Waals surface area contributed by atoms with Crippen LogP contribution in [0.1, 0.15) is 38.4 Å². The minimum atomic E-state index is -0.333. The predicted molar refractivity (Wildman–Crippen MR) is 126 cm³/mol. The minimum Gasteiger partial charge on any atom is -0.384 e. The van der Waals surface area contributed by atoms with E-state index in [0.717, 1.165) is 50.5 Å². The molecule has 0 fully saturated rings. The molecule has 0 unspecified atom stereocenters. The van der Waals surface area contributed by atoms with Gasteiger partial charge in [-0.15, -0.1) is 11.3 Å². The van der Waals surface area contributed by atoms with Crippen LogP contribution in [0.3, 0.4) is 0 Å². The maximum Gasteiger partial charge on any atom is 0.258 e. The number of pyridine rings is 1. The van der Waals surface area contributed by atoms with Crippen LogP contribution in [0.15, 0.2) is 55.1 Å². The summed E-state index contributed by atoms with van der Waals surface area (Å²) in [7, 11) is 1.69. The highest BCUT2D eigenvalue weighted by Gasteiger charge is 2.37. The Morgan fingerprint density at radius 1 is 1.27 bits per heavy atom. The van der Waals surface area contributed by atoms with E-state index in [1.807, 2.05) is 41.4 Å². The Kier molecular flexibility index (Phi) is 4.92. The zero-order chi connectivity index (χ0) is 22.4. The maximum atomic E-state index is 13.9. The van der Waals surface area contributed by atoms with Crippen molar-refractivity contribution in [3.63, 3.8) is 0 Å². The lowest BCUT2D eigenvalue weighted by Gasteiger charge is -2.33. The summed E-state index contributed by atoms with van der Waals surface area (Å²) in [5, 5.41) is 5.33. The molecule has 0 bridgehead atoms. The number of carbonyl (C=O) groups is 1. The van der Waals surface area contributed by atoms with Gasteiger partial charge in [0.15, 0.2) is 0 Å². The van der Waals surface area contributed by atoms with Crippen molar-refractivity contribution in [3.05, 3.63) is 82.6 Å². The lowest BCUT2D eigenvalue weighted by Crippen LogP contribution is -2.40. The molecule has 9 heteroatoms. The molecule has 1 aromatic carbocycles. The number of imidazole rings is 1. The molecule has 8 nitrogen and oxygen atoms in total. The second-order valence-corrected chi connectivity index (χ2v) is 9.17. The fourth-order valence-corrected chi connectivity index (χ4v) is 5.55. The average molecular weight is 459 g/mol. The Bertz CT molecular complexity index is 1440. The van der Waals surface area contributed by atoms with E-state index in [2.05, 4.69) is 21.1 Å². The number of aromatic nitrogens is 5. The first-order valence-electron chi connectivity index (χ1n) is 10.9. The second kappa shape index (κ2) is 8.09. The van der Waals surface area contributed by atoms with E-state index in [4.69, 9.17) is 9.72 Å². The van der Waals surface area contributed by atoms with E-state index in [0.29, 0.717) is 18.7 Å². The molecule has 1 atom stereocenters. The summed E-state index contributed by atoms with van der Waals surface area (Å²) in [6.45, 7) is 1.22. The Labute approximate surface area is 193 Å². The van der Waals surface area contributed by atoms with Crippen LogP contribution in [0.25, 0.3) is 15.7 Å². The van der Waals surface area contributed by atoms with Crippen molar-refractivity contribution in [3.8, 4) is 0 Å². The molecular weight excluding hydrogens is 436 g/mol. The van der Waals surface area contributed by atoms with Crippen molar-refractivity contribution < 1.29 is 9.53 Å². The van der Waals surface area contributed by atoms with E-state index in [1.165, 1.54) is 0 Å². The number of carbonyl (C=O) groups excluding carboxylic acids is 1. The summed E-state index contributed by atoms with van der Waals surface area (Å²) in [4.78, 5) is 28.4. The van der Waals surface area contributed by atoms with Crippen LogP contribution in [-0.4, -0.2) is 55.6 Å². The molecule has 33 heavy (non-hydrogen) atoms. The molecule has 166 valence electrons. The number of amides is 1. The van der Waals surface area contributed by atoms with Crippen LogP contribution in [0.2, 0.25) is 0 Å². The number of thiazole rings is 1. The van der Waals surface area contributed by atoms with E-state index in [9.17, 15) is 4.79 Å². The van der Waals surface area contributed by atoms with Gasteiger partial charge in [0.25, 0.3) is 5.91 Å². The highest BCUT2D eigenvalue weighted by molar-refractivity contribution is 7.18. The third-order valence-electron chi connectivity index (χ3n) is 6.13. The molecule has 5 aromatic rings. The number of nitrogens with one attached hydrogen (secondary N) is 1. The number of ether oxygens (including phenoxy) is 1. The number of methoxy groups -OCH3 is 1. The first kappa shape index (κ1) is 20.1. The van der Waals surface area contributed by atoms with Crippen molar-refractivity contribution in [2.75, 3.05) is 20.3 Å². The summed E-state index contributed by atoms with van der Waals surface area (Å²) >= 11 is 1.61. The van der Waals surface area contributed by atoms with Gasteiger partial charge in [-0.25, -0.2) is 14.5 Å². The molecule has 0 saturated heterocycles. The summed E-state index contributed by atoms with van der Waals surface area (Å²) in [5.41, 5.74) is 5.35. The van der Waals surface area contributed by atoms with Crippen LogP contribution in [0, 0.1) is 0 Å². The van der Waals surface area contributed by atoms with Crippen LogP contribution < -0.4 is 0 Å². The number of hydrogen-bond donors (Lipinski definition) is 1. The van der Waals surface area contributed by atoms with Gasteiger partial charge in [-0.1, -0.05) is 18.2 Å². The maximum absolute atomic E-state index is 13.9. The number of fused-ring (bicyclic) bond motifs is 3. The van der Waals surface area contributed by atoms with Gasteiger partial charge in [-0.2, -0.15) is 5.10 Å². The van der Waals surface area contributed by atoms with Gasteiger partial charge >= 0.3 is 0 Å². The molecule has 1 N–H and O–H groups in total. The largest absolute Gasteiger partial charge is 0.384 e. The molecule has 1 amide bonds. The molecule has 0 radical (unpaired) electrons. The van der Waals surface area contributed by atoms with Crippen molar-refractivity contribution >= 4 is 33.0 Å². The summed E-state index contributed by atoms with van der Waals surface area (Å²) < 4.78 is 8.05. The van der Waals surface area contributed by atoms with Gasteiger partial charge in [0.2, 0.25) is 0 Å². The molecule has 0 aliphatic carbocycles. The highest BCUT2D eigenvalue weighted by atomic mass is 32.1. The third kappa shape index (κ3) is 3.40. The van der Waals surface area contributed by atoms with Crippen LogP contribution in [0.5, 0.6) is 0 Å². The van der Waals surface area contributed by atoms with Gasteiger partial charge < -0.3 is 14.6 Å². The quantitative estimate of drug-likeness (QED) is 0.434. The number of para-hydroxylation sites is 1. The Hall–Kier alpha value is -3.56. The standard InChI is InChI=1S/C24H22N6O2S/c1-32-11-9-15-6-7-19-16(12-27-30(19)13-15)24(31)29-10-8-18-21(26-14-25-18)22(29)23-28-17-4-2-3-5-20(17)33-23/h2-7,12-14,22H,8-11H2,1H3,(H,25,26)/t22-/m0/s1. The SMILES string of the molecule is COCCc1ccc2c(C(=O)N3CCc4[nH]cnc4[C@H]3c3nc4ccccc4s3)cnn2c1. The highest BCUT2D eigenvalue weighted by Crippen LogP contribution is 2.38. The number of nitrogens with zero attached hydrogens (tertiary/aromatic N) is 5. The van der Waals surface area contributed by atoms with Crippen LogP contribution in [0.4, 0.5) is 0 Å². The normalized spacial score (nSPS) is 15.9. The van der Waals surface area contributed by atoms with Crippen LogP contribution in [-0.2, 0) is 17.6 Å².